The number of carbonyl (C=O) groups is 1. The number of aromatic nitrogens is 3. The van der Waals surface area contributed by atoms with E-state index in [1.165, 1.54) is 0 Å². The number of halogens is 1. The number of nitrogens with one attached hydrogen (secondary N) is 2. The van der Waals surface area contributed by atoms with Gasteiger partial charge in [0.05, 0.1) is 6.54 Å². The van der Waals surface area contributed by atoms with Crippen molar-refractivity contribution in [3.8, 4) is 0 Å². The van der Waals surface area contributed by atoms with E-state index in [-0.39, 0.29) is 41.8 Å². The van der Waals surface area contributed by atoms with Crippen molar-refractivity contribution in [2.75, 3.05) is 21.1 Å². The molecule has 1 fully saturated rings. The van der Waals surface area contributed by atoms with Crippen LogP contribution in [0.25, 0.3) is 0 Å². The lowest BCUT2D eigenvalue weighted by molar-refractivity contribution is -0.134. The van der Waals surface area contributed by atoms with Crippen LogP contribution in [-0.4, -0.2) is 58.7 Å². The molecule has 2 unspecified atom stereocenters. The van der Waals surface area contributed by atoms with E-state index in [0.717, 1.165) is 43.3 Å². The van der Waals surface area contributed by atoms with Crippen LogP contribution in [0.1, 0.15) is 37.3 Å². The third kappa shape index (κ3) is 5.82. The highest BCUT2D eigenvalue weighted by molar-refractivity contribution is 14.0. The van der Waals surface area contributed by atoms with Gasteiger partial charge in [0.25, 0.3) is 0 Å². The molecule has 25 heavy (non-hydrogen) atoms. The molecule has 2 N–H and O–H groups in total. The van der Waals surface area contributed by atoms with Gasteiger partial charge < -0.3 is 20.1 Å². The van der Waals surface area contributed by atoms with Gasteiger partial charge in [0, 0.05) is 40.2 Å². The van der Waals surface area contributed by atoms with Crippen molar-refractivity contribution >= 4 is 35.8 Å². The Bertz CT molecular complexity index is 599. The molecule has 0 spiro atoms. The van der Waals surface area contributed by atoms with Gasteiger partial charge in [-0.25, -0.2) is 0 Å². The summed E-state index contributed by atoms with van der Waals surface area (Å²) in [5, 5.41) is 14.9. The Kier molecular flexibility index (Phi) is 8.60. The Morgan fingerprint density at radius 3 is 2.64 bits per heavy atom. The SMILES string of the molecule is CN=C(NCc1nnc(C)n1C)NC1CCCC(C(=O)N(C)C)C1.I. The first-order chi connectivity index (χ1) is 11.4. The van der Waals surface area contributed by atoms with E-state index in [0.29, 0.717) is 6.54 Å². The molecule has 8 nitrogen and oxygen atoms in total. The van der Waals surface area contributed by atoms with Crippen LogP contribution in [0.15, 0.2) is 4.99 Å². The zero-order valence-electron chi connectivity index (χ0n) is 15.7. The van der Waals surface area contributed by atoms with Crippen molar-refractivity contribution in [1.82, 2.24) is 30.3 Å². The first-order valence-electron chi connectivity index (χ1n) is 8.45. The molecule has 9 heteroatoms. The summed E-state index contributed by atoms with van der Waals surface area (Å²) in [5.74, 6) is 2.80. The summed E-state index contributed by atoms with van der Waals surface area (Å²) < 4.78 is 1.95. The molecule has 2 atom stereocenters. The number of aliphatic imine (C=N–C) groups is 1. The van der Waals surface area contributed by atoms with Gasteiger partial charge in [-0.15, -0.1) is 34.2 Å². The molecule has 1 aromatic rings. The molecule has 0 radical (unpaired) electrons. The van der Waals surface area contributed by atoms with E-state index in [9.17, 15) is 4.79 Å². The van der Waals surface area contributed by atoms with E-state index in [2.05, 4.69) is 25.8 Å². The van der Waals surface area contributed by atoms with Crippen molar-refractivity contribution < 1.29 is 4.79 Å². The highest BCUT2D eigenvalue weighted by Gasteiger charge is 2.28. The topological polar surface area (TPSA) is 87.4 Å². The molecule has 1 aromatic heterocycles. The number of hydrogen-bond acceptors (Lipinski definition) is 4. The zero-order valence-corrected chi connectivity index (χ0v) is 18.1. The number of nitrogens with zero attached hydrogens (tertiary/aromatic N) is 5. The van der Waals surface area contributed by atoms with Gasteiger partial charge >= 0.3 is 0 Å². The first-order valence-corrected chi connectivity index (χ1v) is 8.45. The maximum atomic E-state index is 12.2. The molecular weight excluding hydrogens is 433 g/mol. The molecule has 0 bridgehead atoms. The molecule has 1 aliphatic carbocycles. The summed E-state index contributed by atoms with van der Waals surface area (Å²) in [4.78, 5) is 18.2. The van der Waals surface area contributed by atoms with E-state index in [1.807, 2.05) is 32.6 Å². The lowest BCUT2D eigenvalue weighted by Crippen LogP contribution is -2.46. The molecule has 0 saturated heterocycles. The van der Waals surface area contributed by atoms with Crippen molar-refractivity contribution in [3.63, 3.8) is 0 Å². The Morgan fingerprint density at radius 1 is 1.36 bits per heavy atom. The Balaban J connectivity index is 0.00000312. The number of aryl methyl sites for hydroxylation is 1. The van der Waals surface area contributed by atoms with Gasteiger partial charge in [-0.1, -0.05) is 6.42 Å². The number of rotatable bonds is 4. The van der Waals surface area contributed by atoms with Gasteiger partial charge in [0.2, 0.25) is 5.91 Å². The van der Waals surface area contributed by atoms with Crippen LogP contribution in [0.4, 0.5) is 0 Å². The van der Waals surface area contributed by atoms with Crippen LogP contribution in [0.2, 0.25) is 0 Å². The van der Waals surface area contributed by atoms with Crippen LogP contribution >= 0.6 is 24.0 Å². The molecule has 142 valence electrons. The lowest BCUT2D eigenvalue weighted by atomic mass is 9.85. The Hall–Kier alpha value is -1.39. The third-order valence-electron chi connectivity index (χ3n) is 4.63. The monoisotopic (exact) mass is 463 g/mol. The van der Waals surface area contributed by atoms with Gasteiger partial charge in [0.15, 0.2) is 11.8 Å². The Morgan fingerprint density at radius 2 is 2.08 bits per heavy atom. The highest BCUT2D eigenvalue weighted by atomic mass is 127. The summed E-state index contributed by atoms with van der Waals surface area (Å²) in [6, 6.07) is 0.264. The molecule has 1 aliphatic rings. The van der Waals surface area contributed by atoms with Crippen molar-refractivity contribution in [1.29, 1.82) is 0 Å². The summed E-state index contributed by atoms with van der Waals surface area (Å²) in [5.41, 5.74) is 0. The predicted molar refractivity (Wildman–Crippen MR) is 109 cm³/mol. The van der Waals surface area contributed by atoms with E-state index in [1.54, 1.807) is 11.9 Å². The summed E-state index contributed by atoms with van der Waals surface area (Å²) >= 11 is 0. The minimum absolute atomic E-state index is 0. The van der Waals surface area contributed by atoms with Crippen LogP contribution in [0.3, 0.4) is 0 Å². The fourth-order valence-corrected chi connectivity index (χ4v) is 3.07. The van der Waals surface area contributed by atoms with E-state index >= 15 is 0 Å². The molecule has 2 rings (SSSR count). The Labute approximate surface area is 166 Å². The lowest BCUT2D eigenvalue weighted by Gasteiger charge is -2.31. The fourth-order valence-electron chi connectivity index (χ4n) is 3.07. The second-order valence-electron chi connectivity index (χ2n) is 6.59. The second-order valence-corrected chi connectivity index (χ2v) is 6.59. The summed E-state index contributed by atoms with van der Waals surface area (Å²) in [6.07, 6.45) is 3.93. The highest BCUT2D eigenvalue weighted by Crippen LogP contribution is 2.25. The standard InChI is InChI=1S/C16H29N7O.HI/c1-11-20-21-14(23(11)5)10-18-16(17-2)19-13-8-6-7-12(9-13)15(24)22(3)4;/h12-13H,6-10H2,1-5H3,(H2,17,18,19);1H. The van der Waals surface area contributed by atoms with Gasteiger partial charge in [-0.2, -0.15) is 0 Å². The second kappa shape index (κ2) is 9.93. The maximum Gasteiger partial charge on any atom is 0.225 e. The number of guanidine groups is 1. The van der Waals surface area contributed by atoms with Crippen LogP contribution < -0.4 is 10.6 Å². The molecule has 1 amide bonds. The molecule has 1 heterocycles. The van der Waals surface area contributed by atoms with Crippen LogP contribution in [0.5, 0.6) is 0 Å². The third-order valence-corrected chi connectivity index (χ3v) is 4.63. The van der Waals surface area contributed by atoms with Gasteiger partial charge in [-0.05, 0) is 26.2 Å². The van der Waals surface area contributed by atoms with Crippen LogP contribution in [-0.2, 0) is 18.4 Å². The first kappa shape index (κ1) is 21.7. The quantitative estimate of drug-likeness (QED) is 0.396. The predicted octanol–water partition coefficient (Wildman–Crippen LogP) is 1.05. The van der Waals surface area contributed by atoms with Crippen molar-refractivity contribution in [2.24, 2.45) is 18.0 Å². The minimum Gasteiger partial charge on any atom is -0.354 e. The maximum absolute atomic E-state index is 12.2. The zero-order chi connectivity index (χ0) is 17.7. The summed E-state index contributed by atoms with van der Waals surface area (Å²) in [6.45, 7) is 2.48. The summed E-state index contributed by atoms with van der Waals surface area (Å²) in [7, 11) is 7.34. The number of carbonyl (C=O) groups excluding carboxylic acids is 1. The molecular formula is C16H30IN7O. The van der Waals surface area contributed by atoms with Gasteiger partial charge in [-0.3, -0.25) is 9.79 Å². The van der Waals surface area contributed by atoms with E-state index in [4.69, 9.17) is 0 Å². The average Bonchev–Trinajstić information content (AvgIpc) is 2.89. The van der Waals surface area contributed by atoms with E-state index < -0.39 is 0 Å². The van der Waals surface area contributed by atoms with Gasteiger partial charge in [0.1, 0.15) is 5.82 Å². The normalized spacial score (nSPS) is 20.6. The van der Waals surface area contributed by atoms with Crippen molar-refractivity contribution in [3.05, 3.63) is 11.6 Å². The number of hydrogen-bond donors (Lipinski definition) is 2. The average molecular weight is 463 g/mol. The number of amides is 1. The molecule has 0 aromatic carbocycles. The molecule has 0 aliphatic heterocycles. The smallest absolute Gasteiger partial charge is 0.225 e. The molecule has 1 saturated carbocycles. The van der Waals surface area contributed by atoms with Crippen molar-refractivity contribution in [2.45, 2.75) is 45.2 Å². The largest absolute Gasteiger partial charge is 0.354 e. The fraction of sp³-hybridized carbons (Fsp3) is 0.750. The minimum atomic E-state index is 0. The van der Waals surface area contributed by atoms with Crippen LogP contribution in [0, 0.1) is 12.8 Å².